The number of rotatable bonds is 5. The largest absolute Gasteiger partial charge is 0.374 e. The van der Waals surface area contributed by atoms with E-state index in [9.17, 15) is 9.18 Å². The maximum Gasteiger partial charge on any atom is 0.262 e. The van der Waals surface area contributed by atoms with Crippen LogP contribution in [0.3, 0.4) is 0 Å². The first-order valence-electron chi connectivity index (χ1n) is 6.66. The van der Waals surface area contributed by atoms with Crippen molar-refractivity contribution < 1.29 is 9.18 Å². The molecule has 0 aliphatic heterocycles. The number of carbonyl (C=O) groups is 1. The van der Waals surface area contributed by atoms with Gasteiger partial charge in [-0.15, -0.1) is 0 Å². The first-order chi connectivity index (χ1) is 10.6. The van der Waals surface area contributed by atoms with Crippen LogP contribution in [0.2, 0.25) is 5.02 Å². The van der Waals surface area contributed by atoms with Gasteiger partial charge < -0.3 is 5.32 Å². The standard InChI is InChI=1S/C16H15ClFN3O/c1-11(20-14-8-6-13(17)7-9-14)16(22)21-19-10-12-4-2-3-5-15(12)18/h2-11,20H,1H3,(H,21,22). The Hall–Kier alpha value is -2.40. The van der Waals surface area contributed by atoms with Gasteiger partial charge in [0.1, 0.15) is 11.9 Å². The fourth-order valence-electron chi connectivity index (χ4n) is 1.70. The summed E-state index contributed by atoms with van der Waals surface area (Å²) in [6.45, 7) is 1.70. The minimum atomic E-state index is -0.501. The number of nitrogens with zero attached hydrogens (tertiary/aromatic N) is 1. The number of anilines is 1. The molecule has 2 aromatic carbocycles. The summed E-state index contributed by atoms with van der Waals surface area (Å²) in [5.74, 6) is -0.727. The van der Waals surface area contributed by atoms with Crippen LogP contribution in [0, 0.1) is 5.82 Å². The maximum absolute atomic E-state index is 13.4. The van der Waals surface area contributed by atoms with E-state index in [1.165, 1.54) is 12.3 Å². The Labute approximate surface area is 133 Å². The molecule has 4 nitrogen and oxygen atoms in total. The lowest BCUT2D eigenvalue weighted by atomic mass is 10.2. The molecule has 0 heterocycles. The fourth-order valence-corrected chi connectivity index (χ4v) is 1.83. The van der Waals surface area contributed by atoms with Crippen LogP contribution in [0.4, 0.5) is 10.1 Å². The third-order valence-corrected chi connectivity index (χ3v) is 3.16. The van der Waals surface area contributed by atoms with E-state index in [0.29, 0.717) is 10.6 Å². The van der Waals surface area contributed by atoms with Gasteiger partial charge in [-0.2, -0.15) is 5.10 Å². The molecule has 1 amide bonds. The van der Waals surface area contributed by atoms with Gasteiger partial charge in [-0.3, -0.25) is 4.79 Å². The second-order valence-corrected chi connectivity index (χ2v) is 5.07. The second-order valence-electron chi connectivity index (χ2n) is 4.63. The summed E-state index contributed by atoms with van der Waals surface area (Å²) in [5.41, 5.74) is 3.44. The van der Waals surface area contributed by atoms with Crippen molar-refractivity contribution in [2.45, 2.75) is 13.0 Å². The van der Waals surface area contributed by atoms with Gasteiger partial charge in [0, 0.05) is 16.3 Å². The molecule has 0 saturated heterocycles. The van der Waals surface area contributed by atoms with Gasteiger partial charge in [-0.25, -0.2) is 9.82 Å². The number of nitrogens with one attached hydrogen (secondary N) is 2. The van der Waals surface area contributed by atoms with E-state index >= 15 is 0 Å². The molecule has 0 aliphatic carbocycles. The Kier molecular flexibility index (Phi) is 5.49. The molecule has 0 radical (unpaired) electrons. The van der Waals surface area contributed by atoms with Gasteiger partial charge in [0.2, 0.25) is 0 Å². The molecule has 1 unspecified atom stereocenters. The summed E-state index contributed by atoms with van der Waals surface area (Å²) in [4.78, 5) is 11.9. The molecule has 2 aromatic rings. The number of halogens is 2. The van der Waals surface area contributed by atoms with Gasteiger partial charge in [0.25, 0.3) is 5.91 Å². The van der Waals surface area contributed by atoms with Crippen LogP contribution in [0.25, 0.3) is 0 Å². The smallest absolute Gasteiger partial charge is 0.262 e. The molecule has 1 atom stereocenters. The summed E-state index contributed by atoms with van der Waals surface area (Å²) in [7, 11) is 0. The lowest BCUT2D eigenvalue weighted by Crippen LogP contribution is -2.34. The molecule has 22 heavy (non-hydrogen) atoms. The van der Waals surface area contributed by atoms with Gasteiger partial charge in [0.05, 0.1) is 6.21 Å². The van der Waals surface area contributed by atoms with Crippen LogP contribution in [0.5, 0.6) is 0 Å². The van der Waals surface area contributed by atoms with Gasteiger partial charge in [-0.05, 0) is 37.3 Å². The molecular formula is C16H15ClFN3O. The van der Waals surface area contributed by atoms with Crippen LogP contribution in [-0.2, 0) is 4.79 Å². The zero-order valence-corrected chi connectivity index (χ0v) is 12.6. The molecule has 0 spiro atoms. The average molecular weight is 320 g/mol. The number of amides is 1. The average Bonchev–Trinajstić information content (AvgIpc) is 2.51. The molecule has 6 heteroatoms. The predicted molar refractivity (Wildman–Crippen MR) is 86.7 cm³/mol. The molecular weight excluding hydrogens is 305 g/mol. The topological polar surface area (TPSA) is 53.5 Å². The van der Waals surface area contributed by atoms with Gasteiger partial charge in [0.15, 0.2) is 0 Å². The van der Waals surface area contributed by atoms with Crippen molar-refractivity contribution in [3.63, 3.8) is 0 Å². The Balaban J connectivity index is 1.89. The van der Waals surface area contributed by atoms with E-state index in [2.05, 4.69) is 15.8 Å². The van der Waals surface area contributed by atoms with E-state index in [0.717, 1.165) is 5.69 Å². The quantitative estimate of drug-likeness (QED) is 0.655. The minimum Gasteiger partial charge on any atom is -0.374 e. The van der Waals surface area contributed by atoms with Crippen LogP contribution in [0.1, 0.15) is 12.5 Å². The van der Waals surface area contributed by atoms with E-state index in [4.69, 9.17) is 11.6 Å². The highest BCUT2D eigenvalue weighted by Gasteiger charge is 2.11. The third kappa shape index (κ3) is 4.56. The first-order valence-corrected chi connectivity index (χ1v) is 7.03. The Bertz CT molecular complexity index is 673. The maximum atomic E-state index is 13.4. The zero-order valence-electron chi connectivity index (χ0n) is 11.9. The number of hydrazone groups is 1. The summed E-state index contributed by atoms with van der Waals surface area (Å²) in [6.07, 6.45) is 1.27. The van der Waals surface area contributed by atoms with Crippen LogP contribution >= 0.6 is 11.6 Å². The lowest BCUT2D eigenvalue weighted by Gasteiger charge is -2.13. The number of hydrogen-bond acceptors (Lipinski definition) is 3. The van der Waals surface area contributed by atoms with Crippen molar-refractivity contribution >= 4 is 29.4 Å². The van der Waals surface area contributed by atoms with Crippen molar-refractivity contribution in [2.75, 3.05) is 5.32 Å². The number of hydrogen-bond donors (Lipinski definition) is 2. The lowest BCUT2D eigenvalue weighted by molar-refractivity contribution is -0.121. The Morgan fingerprint density at radius 1 is 1.23 bits per heavy atom. The summed E-state index contributed by atoms with van der Waals surface area (Å²) in [5, 5.41) is 7.39. The summed E-state index contributed by atoms with van der Waals surface area (Å²) < 4.78 is 13.4. The first kappa shape index (κ1) is 16.0. The van der Waals surface area contributed by atoms with E-state index < -0.39 is 11.9 Å². The third-order valence-electron chi connectivity index (χ3n) is 2.90. The van der Waals surface area contributed by atoms with Crippen LogP contribution in [-0.4, -0.2) is 18.2 Å². The fraction of sp³-hybridized carbons (Fsp3) is 0.125. The van der Waals surface area contributed by atoms with Crippen molar-refractivity contribution in [1.29, 1.82) is 0 Å². The molecule has 0 saturated carbocycles. The van der Waals surface area contributed by atoms with Crippen molar-refractivity contribution in [3.8, 4) is 0 Å². The molecule has 0 aliphatic rings. The molecule has 2 rings (SSSR count). The van der Waals surface area contributed by atoms with Gasteiger partial charge in [-0.1, -0.05) is 29.8 Å². The van der Waals surface area contributed by atoms with Crippen LogP contribution in [0.15, 0.2) is 53.6 Å². The Morgan fingerprint density at radius 2 is 1.91 bits per heavy atom. The monoisotopic (exact) mass is 319 g/mol. The molecule has 0 aromatic heterocycles. The number of benzene rings is 2. The second kappa shape index (κ2) is 7.56. The highest BCUT2D eigenvalue weighted by Crippen LogP contribution is 2.14. The normalized spacial score (nSPS) is 12.1. The molecule has 0 bridgehead atoms. The highest BCUT2D eigenvalue weighted by molar-refractivity contribution is 6.30. The Morgan fingerprint density at radius 3 is 2.59 bits per heavy atom. The minimum absolute atomic E-state index is 0.307. The summed E-state index contributed by atoms with van der Waals surface area (Å²) >= 11 is 5.79. The predicted octanol–water partition coefficient (Wildman–Crippen LogP) is 3.43. The summed E-state index contributed by atoms with van der Waals surface area (Å²) in [6, 6.07) is 12.7. The van der Waals surface area contributed by atoms with E-state index in [1.54, 1.807) is 49.4 Å². The molecule has 114 valence electrons. The highest BCUT2D eigenvalue weighted by atomic mass is 35.5. The zero-order chi connectivity index (χ0) is 15.9. The van der Waals surface area contributed by atoms with Crippen molar-refractivity contribution in [1.82, 2.24) is 5.43 Å². The van der Waals surface area contributed by atoms with Gasteiger partial charge >= 0.3 is 0 Å². The SMILES string of the molecule is CC(Nc1ccc(Cl)cc1)C(=O)NN=Cc1ccccc1F. The van der Waals surface area contributed by atoms with Crippen molar-refractivity contribution in [3.05, 3.63) is 64.9 Å². The van der Waals surface area contributed by atoms with E-state index in [1.807, 2.05) is 0 Å². The molecule has 0 fully saturated rings. The van der Waals surface area contributed by atoms with E-state index in [-0.39, 0.29) is 5.91 Å². The molecule has 2 N–H and O–H groups in total. The van der Waals surface area contributed by atoms with Crippen LogP contribution < -0.4 is 10.7 Å². The van der Waals surface area contributed by atoms with Crippen molar-refractivity contribution in [2.24, 2.45) is 5.10 Å². The number of carbonyl (C=O) groups excluding carboxylic acids is 1.